The van der Waals surface area contributed by atoms with E-state index in [1.165, 1.54) is 0 Å². The average Bonchev–Trinajstić information content (AvgIpc) is 1.41. The Hall–Kier alpha value is 0.117. The summed E-state index contributed by atoms with van der Waals surface area (Å²) in [4.78, 5) is 2.00. The maximum absolute atomic E-state index is 4.00. The van der Waals surface area contributed by atoms with Crippen molar-refractivity contribution in [1.29, 1.82) is 0 Å². The van der Waals surface area contributed by atoms with E-state index in [1.54, 1.807) is 0 Å². The van der Waals surface area contributed by atoms with Crippen LogP contribution >= 0.6 is 0 Å². The van der Waals surface area contributed by atoms with Crippen molar-refractivity contribution in [3.8, 4) is 12.8 Å². The molecule has 0 saturated carbocycles. The van der Waals surface area contributed by atoms with Crippen molar-refractivity contribution in [3.63, 3.8) is 0 Å². The Morgan fingerprint density at radius 3 is 1.00 bits per heavy atom. The van der Waals surface area contributed by atoms with Gasteiger partial charge in [0.25, 0.3) is 0 Å². The molecule has 0 heterocycles. The molecule has 0 unspecified atom stereocenters. The van der Waals surface area contributed by atoms with Crippen LogP contribution in [0, 0.1) is 12.8 Å². The van der Waals surface area contributed by atoms with Gasteiger partial charge in [0, 0.05) is 0 Å². The molecular weight excluding hydrogens is 81.0 g/mol. The van der Waals surface area contributed by atoms with Gasteiger partial charge in [-0.1, -0.05) is 0 Å². The van der Waals surface area contributed by atoms with Crippen LogP contribution in [0.4, 0.5) is 0 Å². The fourth-order valence-corrected chi connectivity index (χ4v) is 0. The number of hydrogen-bond acceptors (Lipinski definition) is 1. The van der Waals surface area contributed by atoms with Crippen LogP contribution in [0.15, 0.2) is 0 Å². The first-order valence-electron chi connectivity index (χ1n) is 1.67. The molecule has 0 atom stereocenters. The summed E-state index contributed by atoms with van der Waals surface area (Å²) in [5.74, 6) is 0. The Morgan fingerprint density at radius 2 is 1.00 bits per heavy atom. The van der Waals surface area contributed by atoms with E-state index < -0.39 is 0 Å². The van der Waals surface area contributed by atoms with Crippen molar-refractivity contribution in [3.05, 3.63) is 0 Å². The predicted molar refractivity (Wildman–Crippen MR) is 36.6 cm³/mol. The monoisotopic (exact) mass is 93.1 g/mol. The first-order valence-corrected chi connectivity index (χ1v) is 1.67. The second kappa shape index (κ2) is 16.5. The van der Waals surface area contributed by atoms with Gasteiger partial charge in [-0.25, -0.2) is 0 Å². The molecule has 0 aromatic carbocycles. The molecule has 0 aliphatic rings. The van der Waals surface area contributed by atoms with Crippen LogP contribution in [-0.2, 0) is 0 Å². The van der Waals surface area contributed by atoms with Gasteiger partial charge in [0.1, 0.15) is 0 Å². The van der Waals surface area contributed by atoms with Gasteiger partial charge in [-0.05, 0) is 21.1 Å². The van der Waals surface area contributed by atoms with Gasteiger partial charge in [0.2, 0.25) is 0 Å². The fourth-order valence-electron chi connectivity index (χ4n) is 0. The Bertz CT molecular complexity index is 29.6. The molecule has 0 radical (unpaired) electrons. The summed E-state index contributed by atoms with van der Waals surface area (Å²) in [6.07, 6.45) is 8.00. The summed E-state index contributed by atoms with van der Waals surface area (Å²) < 4.78 is 0. The molecule has 0 aliphatic heterocycles. The zero-order valence-corrected chi connectivity index (χ0v) is 4.60. The van der Waals surface area contributed by atoms with E-state index in [1.807, 2.05) is 26.0 Å². The average molecular weight is 93.1 g/mol. The predicted octanol–water partition coefficient (Wildman–Crippen LogP) is -0.221. The third-order valence-electron chi connectivity index (χ3n) is 0. The molecule has 2 heteroatoms. The summed E-state index contributed by atoms with van der Waals surface area (Å²) >= 11 is 0. The molecule has 0 fully saturated rings. The van der Waals surface area contributed by atoms with Crippen molar-refractivity contribution in [2.45, 2.75) is 0 Å². The SMILES string of the molecule is C#C.CN(C)C.[LiH]. The summed E-state index contributed by atoms with van der Waals surface area (Å²) in [6.45, 7) is 0. The Morgan fingerprint density at radius 1 is 1.00 bits per heavy atom. The van der Waals surface area contributed by atoms with E-state index in [9.17, 15) is 0 Å². The van der Waals surface area contributed by atoms with Gasteiger partial charge in [-0.2, -0.15) is 0 Å². The van der Waals surface area contributed by atoms with Crippen LogP contribution in [0.2, 0.25) is 0 Å². The van der Waals surface area contributed by atoms with Crippen molar-refractivity contribution >= 4 is 18.9 Å². The third kappa shape index (κ3) is 7520. The number of terminal acetylenes is 1. The van der Waals surface area contributed by atoms with Crippen LogP contribution in [0.5, 0.6) is 0 Å². The summed E-state index contributed by atoms with van der Waals surface area (Å²) in [6, 6.07) is 0. The van der Waals surface area contributed by atoms with Gasteiger partial charge >= 0.3 is 18.9 Å². The molecule has 38 valence electrons. The molecule has 0 spiro atoms. The standard InChI is InChI=1S/C3H9N.C2H2.Li.H/c1-4(2)3;1-2;;/h1-3H3;1-2H;;. The topological polar surface area (TPSA) is 3.24 Å². The van der Waals surface area contributed by atoms with E-state index in [0.29, 0.717) is 0 Å². The van der Waals surface area contributed by atoms with E-state index in [0.717, 1.165) is 0 Å². The first kappa shape index (κ1) is 15.7. The van der Waals surface area contributed by atoms with Crippen LogP contribution in [0.1, 0.15) is 0 Å². The van der Waals surface area contributed by atoms with Gasteiger partial charge in [-0.15, -0.1) is 12.8 Å². The van der Waals surface area contributed by atoms with Crippen LogP contribution in [0.3, 0.4) is 0 Å². The molecule has 0 amide bonds. The Labute approximate surface area is 58.3 Å². The second-order valence-corrected chi connectivity index (χ2v) is 1.34. The minimum absolute atomic E-state index is 0. The second-order valence-electron chi connectivity index (χ2n) is 1.34. The molecular formula is C5H12LiN. The van der Waals surface area contributed by atoms with Crippen molar-refractivity contribution in [2.75, 3.05) is 21.1 Å². The number of hydrogen-bond donors (Lipinski definition) is 0. The van der Waals surface area contributed by atoms with Crippen LogP contribution < -0.4 is 0 Å². The van der Waals surface area contributed by atoms with E-state index in [4.69, 9.17) is 0 Å². The number of rotatable bonds is 0. The molecule has 0 saturated heterocycles. The zero-order valence-electron chi connectivity index (χ0n) is 4.60. The van der Waals surface area contributed by atoms with Crippen LogP contribution in [0.25, 0.3) is 0 Å². The van der Waals surface area contributed by atoms with E-state index >= 15 is 0 Å². The van der Waals surface area contributed by atoms with Crippen LogP contribution in [-0.4, -0.2) is 44.9 Å². The van der Waals surface area contributed by atoms with Gasteiger partial charge in [0.15, 0.2) is 0 Å². The van der Waals surface area contributed by atoms with Crippen molar-refractivity contribution in [2.24, 2.45) is 0 Å². The normalized spacial score (nSPS) is 5.43. The molecule has 0 rings (SSSR count). The van der Waals surface area contributed by atoms with Gasteiger partial charge in [0.05, 0.1) is 0 Å². The van der Waals surface area contributed by atoms with Crippen molar-refractivity contribution < 1.29 is 0 Å². The summed E-state index contributed by atoms with van der Waals surface area (Å²) in [5, 5.41) is 0. The summed E-state index contributed by atoms with van der Waals surface area (Å²) in [7, 11) is 6.00. The summed E-state index contributed by atoms with van der Waals surface area (Å²) in [5.41, 5.74) is 0. The van der Waals surface area contributed by atoms with E-state index in [2.05, 4.69) is 12.8 Å². The molecule has 0 bridgehead atoms. The van der Waals surface area contributed by atoms with E-state index in [-0.39, 0.29) is 18.9 Å². The maximum atomic E-state index is 4.00. The number of nitrogens with zero attached hydrogens (tertiary/aromatic N) is 1. The quantitative estimate of drug-likeness (QED) is 0.295. The molecule has 0 aromatic heterocycles. The minimum atomic E-state index is 0. The zero-order chi connectivity index (χ0) is 5.58. The molecule has 0 aliphatic carbocycles. The van der Waals surface area contributed by atoms with Gasteiger partial charge < -0.3 is 4.90 Å². The first-order chi connectivity index (χ1) is 2.73. The molecule has 1 nitrogen and oxygen atoms in total. The molecule has 7 heavy (non-hydrogen) atoms. The fraction of sp³-hybridized carbons (Fsp3) is 0.600. The Balaban J connectivity index is -0.0000000480. The molecule has 0 N–H and O–H groups in total. The Kier molecular flexibility index (Phi) is 37.0. The third-order valence-corrected chi connectivity index (χ3v) is 0. The molecule has 0 aromatic rings. The van der Waals surface area contributed by atoms with Gasteiger partial charge in [-0.3, -0.25) is 0 Å². The van der Waals surface area contributed by atoms with Crippen molar-refractivity contribution in [1.82, 2.24) is 4.90 Å².